The molecule has 13 heavy (non-hydrogen) atoms. The summed E-state index contributed by atoms with van der Waals surface area (Å²) < 4.78 is 0. The molecule has 1 rings (SSSR count). The number of rotatable bonds is 3. The molecule has 0 amide bonds. The van der Waals surface area contributed by atoms with Crippen LogP contribution in [0.25, 0.3) is 0 Å². The van der Waals surface area contributed by atoms with E-state index in [1.807, 2.05) is 12.1 Å². The summed E-state index contributed by atoms with van der Waals surface area (Å²) in [6, 6.07) is 7.97. The van der Waals surface area contributed by atoms with Crippen molar-refractivity contribution in [3.05, 3.63) is 41.8 Å². The Kier molecular flexibility index (Phi) is 3.38. The topological polar surface area (TPSA) is 0 Å². The second kappa shape index (κ2) is 4.15. The van der Waals surface area contributed by atoms with Gasteiger partial charge in [-0.05, 0) is 36.5 Å². The molecule has 0 aliphatic rings. The Morgan fingerprint density at radius 1 is 1.31 bits per heavy atom. The summed E-state index contributed by atoms with van der Waals surface area (Å²) in [5, 5.41) is 0.788. The van der Waals surface area contributed by atoms with Gasteiger partial charge in [0.2, 0.25) is 0 Å². The van der Waals surface area contributed by atoms with Crippen molar-refractivity contribution in [2.24, 2.45) is 0 Å². The highest BCUT2D eigenvalue weighted by atomic mass is 35.5. The van der Waals surface area contributed by atoms with E-state index < -0.39 is 0 Å². The summed E-state index contributed by atoms with van der Waals surface area (Å²) in [5.41, 5.74) is 1.29. The van der Waals surface area contributed by atoms with Crippen molar-refractivity contribution in [3.63, 3.8) is 0 Å². The van der Waals surface area contributed by atoms with Gasteiger partial charge >= 0.3 is 0 Å². The molecule has 0 aliphatic carbocycles. The number of benzene rings is 1. The zero-order chi connectivity index (χ0) is 9.90. The Morgan fingerprint density at radius 2 is 1.85 bits per heavy atom. The quantitative estimate of drug-likeness (QED) is 0.677. The van der Waals surface area contributed by atoms with Gasteiger partial charge in [0.25, 0.3) is 0 Å². The molecule has 0 aromatic heterocycles. The van der Waals surface area contributed by atoms with E-state index in [4.69, 9.17) is 11.6 Å². The van der Waals surface area contributed by atoms with Crippen molar-refractivity contribution in [2.75, 3.05) is 0 Å². The fraction of sp³-hybridized carbons (Fsp3) is 0.417. The van der Waals surface area contributed by atoms with Crippen molar-refractivity contribution >= 4 is 11.6 Å². The third-order valence-electron chi connectivity index (χ3n) is 2.34. The summed E-state index contributed by atoms with van der Waals surface area (Å²) >= 11 is 5.82. The van der Waals surface area contributed by atoms with Crippen LogP contribution in [0, 0.1) is 6.92 Å². The van der Waals surface area contributed by atoms with E-state index in [2.05, 4.69) is 32.9 Å². The Bertz CT molecular complexity index is 259. The van der Waals surface area contributed by atoms with Crippen LogP contribution < -0.4 is 0 Å². The van der Waals surface area contributed by atoms with Crippen LogP contribution in [0.4, 0.5) is 0 Å². The van der Waals surface area contributed by atoms with E-state index in [1.165, 1.54) is 5.56 Å². The molecule has 0 heterocycles. The summed E-state index contributed by atoms with van der Waals surface area (Å²) in [6.45, 7) is 8.56. The summed E-state index contributed by atoms with van der Waals surface area (Å²) in [5.74, 6) is 0. The van der Waals surface area contributed by atoms with Crippen molar-refractivity contribution in [2.45, 2.75) is 32.1 Å². The highest BCUT2D eigenvalue weighted by Crippen LogP contribution is 2.28. The highest BCUT2D eigenvalue weighted by molar-refractivity contribution is 6.30. The molecular weight excluding hydrogens is 180 g/mol. The molecule has 0 aliphatic heterocycles. The zero-order valence-corrected chi connectivity index (χ0v) is 9.06. The molecule has 0 nitrogen and oxygen atoms in total. The predicted octanol–water partition coefficient (Wildman–Crippen LogP) is 4.23. The number of hydrogen-bond donors (Lipinski definition) is 0. The minimum absolute atomic E-state index is 0.0271. The third kappa shape index (κ3) is 2.73. The Balaban J connectivity index is 2.87. The van der Waals surface area contributed by atoms with E-state index >= 15 is 0 Å². The molecule has 1 atom stereocenters. The molecule has 0 fully saturated rings. The second-order valence-electron chi connectivity index (χ2n) is 3.82. The lowest BCUT2D eigenvalue weighted by Gasteiger charge is -2.24. The number of hydrogen-bond acceptors (Lipinski definition) is 0. The Hall–Kier alpha value is -0.490. The first-order valence-corrected chi connectivity index (χ1v) is 5.05. The fourth-order valence-corrected chi connectivity index (χ4v) is 1.67. The largest absolute Gasteiger partial charge is 0.0843 e. The van der Waals surface area contributed by atoms with Crippen LogP contribution in [0.5, 0.6) is 0 Å². The first-order valence-electron chi connectivity index (χ1n) is 4.67. The van der Waals surface area contributed by atoms with Gasteiger partial charge in [0, 0.05) is 5.02 Å². The lowest BCUT2D eigenvalue weighted by Crippen LogP contribution is -2.16. The lowest BCUT2D eigenvalue weighted by molar-refractivity contribution is 0.527. The smallest absolute Gasteiger partial charge is 0.0406 e. The molecule has 0 spiro atoms. The van der Waals surface area contributed by atoms with Crippen molar-refractivity contribution < 1.29 is 0 Å². The predicted molar refractivity (Wildman–Crippen MR) is 59.1 cm³/mol. The first kappa shape index (κ1) is 10.6. The van der Waals surface area contributed by atoms with Gasteiger partial charge in [0.15, 0.2) is 0 Å². The van der Waals surface area contributed by atoms with E-state index in [1.54, 1.807) is 0 Å². The zero-order valence-electron chi connectivity index (χ0n) is 8.31. The van der Waals surface area contributed by atoms with Crippen LogP contribution in [0.1, 0.15) is 32.3 Å². The summed E-state index contributed by atoms with van der Waals surface area (Å²) in [7, 11) is 0. The Labute approximate surface area is 85.9 Å². The van der Waals surface area contributed by atoms with Gasteiger partial charge in [-0.15, -0.1) is 0 Å². The monoisotopic (exact) mass is 195 g/mol. The molecular formula is C12H16Cl. The number of halogens is 1. The van der Waals surface area contributed by atoms with Crippen LogP contribution in [-0.4, -0.2) is 0 Å². The van der Waals surface area contributed by atoms with Gasteiger partial charge in [-0.3, -0.25) is 0 Å². The molecule has 0 saturated carbocycles. The summed E-state index contributed by atoms with van der Waals surface area (Å²) in [4.78, 5) is 0. The van der Waals surface area contributed by atoms with E-state index in [-0.39, 0.29) is 5.41 Å². The van der Waals surface area contributed by atoms with E-state index in [0.29, 0.717) is 0 Å². The van der Waals surface area contributed by atoms with Crippen LogP contribution in [0.2, 0.25) is 5.02 Å². The van der Waals surface area contributed by atoms with Gasteiger partial charge in [-0.1, -0.05) is 44.0 Å². The van der Waals surface area contributed by atoms with Crippen LogP contribution >= 0.6 is 11.6 Å². The van der Waals surface area contributed by atoms with Gasteiger partial charge in [-0.2, -0.15) is 0 Å². The van der Waals surface area contributed by atoms with Gasteiger partial charge < -0.3 is 0 Å². The second-order valence-corrected chi connectivity index (χ2v) is 4.25. The molecule has 1 aromatic carbocycles. The molecule has 1 heteroatoms. The normalized spacial score (nSPS) is 11.7. The van der Waals surface area contributed by atoms with Gasteiger partial charge in [0.1, 0.15) is 0 Å². The minimum Gasteiger partial charge on any atom is -0.0843 e. The minimum atomic E-state index is 0.0271. The van der Waals surface area contributed by atoms with Crippen molar-refractivity contribution in [3.8, 4) is 0 Å². The maximum Gasteiger partial charge on any atom is 0.0406 e. The van der Waals surface area contributed by atoms with E-state index in [9.17, 15) is 0 Å². The molecule has 0 saturated heterocycles. The summed E-state index contributed by atoms with van der Waals surface area (Å²) in [6.07, 6.45) is 2.26. The van der Waals surface area contributed by atoms with E-state index in [0.717, 1.165) is 17.9 Å². The fourth-order valence-electron chi connectivity index (χ4n) is 1.55. The molecule has 0 bridgehead atoms. The maximum atomic E-state index is 5.82. The standard InChI is InChI=1S/C12H16Cl/c1-4-9-12(2,3)10-5-7-11(13)8-6-10/h5-8H,2,4,9H2,1,3H3. The molecule has 71 valence electrons. The third-order valence-corrected chi connectivity index (χ3v) is 2.59. The van der Waals surface area contributed by atoms with Crippen LogP contribution in [0.15, 0.2) is 24.3 Å². The SMILES string of the molecule is [CH2]C(C)(CCC)c1ccc(Cl)cc1. The maximum absolute atomic E-state index is 5.82. The molecule has 1 radical (unpaired) electrons. The van der Waals surface area contributed by atoms with Gasteiger partial charge in [-0.25, -0.2) is 0 Å². The first-order chi connectivity index (χ1) is 6.06. The highest BCUT2D eigenvalue weighted by Gasteiger charge is 2.18. The molecule has 1 aromatic rings. The Morgan fingerprint density at radius 3 is 2.31 bits per heavy atom. The van der Waals surface area contributed by atoms with Crippen LogP contribution in [0.3, 0.4) is 0 Å². The molecule has 0 N–H and O–H groups in total. The van der Waals surface area contributed by atoms with Crippen molar-refractivity contribution in [1.29, 1.82) is 0 Å². The van der Waals surface area contributed by atoms with Crippen LogP contribution in [-0.2, 0) is 5.41 Å². The molecule has 1 unspecified atom stereocenters. The lowest BCUT2D eigenvalue weighted by atomic mass is 9.81. The van der Waals surface area contributed by atoms with Crippen molar-refractivity contribution in [1.82, 2.24) is 0 Å². The average molecular weight is 196 g/mol. The average Bonchev–Trinajstić information content (AvgIpc) is 2.05. The van der Waals surface area contributed by atoms with Gasteiger partial charge in [0.05, 0.1) is 0 Å².